The smallest absolute Gasteiger partial charge is 0.123 e. The van der Waals surface area contributed by atoms with Gasteiger partial charge in [-0.15, -0.1) is 0 Å². The first-order valence-electron chi connectivity index (χ1n) is 7.79. The SMILES string of the molecule is COc1ccc(Cl)cc1CN(C)Cc1c(O)ccc2ccccc12. The van der Waals surface area contributed by atoms with Crippen LogP contribution in [-0.4, -0.2) is 24.2 Å². The van der Waals surface area contributed by atoms with Crippen molar-refractivity contribution >= 4 is 22.4 Å². The lowest BCUT2D eigenvalue weighted by molar-refractivity contribution is 0.306. The lowest BCUT2D eigenvalue weighted by atomic mass is 10.0. The van der Waals surface area contributed by atoms with Crippen LogP contribution in [-0.2, 0) is 13.1 Å². The van der Waals surface area contributed by atoms with E-state index < -0.39 is 0 Å². The van der Waals surface area contributed by atoms with Crippen molar-refractivity contribution < 1.29 is 9.84 Å². The van der Waals surface area contributed by atoms with Gasteiger partial charge >= 0.3 is 0 Å². The average molecular weight is 342 g/mol. The van der Waals surface area contributed by atoms with E-state index in [0.717, 1.165) is 27.6 Å². The molecule has 0 spiro atoms. The van der Waals surface area contributed by atoms with E-state index in [9.17, 15) is 5.11 Å². The number of nitrogens with zero attached hydrogens (tertiary/aromatic N) is 1. The van der Waals surface area contributed by atoms with Crippen LogP contribution in [0.4, 0.5) is 0 Å². The third kappa shape index (κ3) is 3.48. The van der Waals surface area contributed by atoms with Crippen molar-refractivity contribution in [3.8, 4) is 11.5 Å². The zero-order valence-corrected chi connectivity index (χ0v) is 14.5. The second-order valence-electron chi connectivity index (χ2n) is 5.91. The molecule has 0 aliphatic carbocycles. The fourth-order valence-electron chi connectivity index (χ4n) is 2.98. The quantitative estimate of drug-likeness (QED) is 0.720. The fraction of sp³-hybridized carbons (Fsp3) is 0.200. The van der Waals surface area contributed by atoms with E-state index in [1.54, 1.807) is 13.2 Å². The number of benzene rings is 3. The molecule has 0 heterocycles. The number of phenolic OH excluding ortho intramolecular Hbond substituents is 1. The number of hydrogen-bond acceptors (Lipinski definition) is 3. The number of methoxy groups -OCH3 is 1. The summed E-state index contributed by atoms with van der Waals surface area (Å²) in [6.07, 6.45) is 0. The minimum absolute atomic E-state index is 0.318. The van der Waals surface area contributed by atoms with E-state index in [2.05, 4.69) is 11.0 Å². The van der Waals surface area contributed by atoms with Crippen LogP contribution in [0.1, 0.15) is 11.1 Å². The van der Waals surface area contributed by atoms with Crippen LogP contribution >= 0.6 is 11.6 Å². The number of phenols is 1. The first-order chi connectivity index (χ1) is 11.6. The lowest BCUT2D eigenvalue weighted by Gasteiger charge is -2.20. The Morgan fingerprint density at radius 2 is 1.83 bits per heavy atom. The summed E-state index contributed by atoms with van der Waals surface area (Å²) in [6, 6.07) is 17.4. The van der Waals surface area contributed by atoms with Gasteiger partial charge in [-0.3, -0.25) is 4.90 Å². The van der Waals surface area contributed by atoms with Gasteiger partial charge in [0.15, 0.2) is 0 Å². The molecule has 3 rings (SSSR count). The normalized spacial score (nSPS) is 11.2. The van der Waals surface area contributed by atoms with E-state index in [4.69, 9.17) is 16.3 Å². The molecule has 0 bridgehead atoms. The monoisotopic (exact) mass is 341 g/mol. The Morgan fingerprint density at radius 3 is 2.62 bits per heavy atom. The van der Waals surface area contributed by atoms with E-state index >= 15 is 0 Å². The van der Waals surface area contributed by atoms with Crippen LogP contribution in [0.3, 0.4) is 0 Å². The molecule has 0 fully saturated rings. The number of rotatable bonds is 5. The molecule has 3 aromatic carbocycles. The fourth-order valence-corrected chi connectivity index (χ4v) is 3.17. The van der Waals surface area contributed by atoms with Crippen LogP contribution in [0.15, 0.2) is 54.6 Å². The molecule has 0 atom stereocenters. The molecule has 24 heavy (non-hydrogen) atoms. The van der Waals surface area contributed by atoms with Gasteiger partial charge in [0.2, 0.25) is 0 Å². The molecular weight excluding hydrogens is 322 g/mol. The van der Waals surface area contributed by atoms with Gasteiger partial charge in [-0.25, -0.2) is 0 Å². The Labute approximate surface area is 147 Å². The van der Waals surface area contributed by atoms with E-state index in [0.29, 0.717) is 23.9 Å². The molecule has 124 valence electrons. The molecule has 0 saturated carbocycles. The summed E-state index contributed by atoms with van der Waals surface area (Å²) in [7, 11) is 3.67. The molecule has 0 radical (unpaired) electrons. The third-order valence-corrected chi connectivity index (χ3v) is 4.36. The summed E-state index contributed by atoms with van der Waals surface area (Å²) in [4.78, 5) is 2.13. The van der Waals surface area contributed by atoms with Gasteiger partial charge in [0, 0.05) is 29.2 Å². The molecule has 0 aliphatic heterocycles. The molecule has 3 nitrogen and oxygen atoms in total. The summed E-state index contributed by atoms with van der Waals surface area (Å²) in [5.74, 6) is 1.13. The van der Waals surface area contributed by atoms with Crippen molar-refractivity contribution in [1.29, 1.82) is 0 Å². The van der Waals surface area contributed by atoms with E-state index in [-0.39, 0.29) is 0 Å². The molecule has 4 heteroatoms. The first kappa shape index (κ1) is 16.6. The number of aromatic hydroxyl groups is 1. The van der Waals surface area contributed by atoms with Crippen molar-refractivity contribution in [2.45, 2.75) is 13.1 Å². The summed E-state index contributed by atoms with van der Waals surface area (Å²) >= 11 is 6.11. The molecule has 0 unspecified atom stereocenters. The maximum atomic E-state index is 10.3. The molecular formula is C20H20ClNO2. The van der Waals surface area contributed by atoms with Crippen molar-refractivity contribution in [1.82, 2.24) is 4.90 Å². The molecule has 3 aromatic rings. The van der Waals surface area contributed by atoms with Gasteiger partial charge in [0.1, 0.15) is 11.5 Å². The van der Waals surface area contributed by atoms with Gasteiger partial charge in [-0.2, -0.15) is 0 Å². The summed E-state index contributed by atoms with van der Waals surface area (Å²) < 4.78 is 5.41. The van der Waals surface area contributed by atoms with E-state index in [1.165, 1.54) is 0 Å². The number of ether oxygens (including phenoxy) is 1. The van der Waals surface area contributed by atoms with Gasteiger partial charge in [0.05, 0.1) is 7.11 Å². The molecule has 0 aromatic heterocycles. The largest absolute Gasteiger partial charge is 0.508 e. The highest BCUT2D eigenvalue weighted by molar-refractivity contribution is 6.30. The Hall–Kier alpha value is -2.23. The predicted octanol–water partition coefficient (Wildman–Crippen LogP) is 4.84. The van der Waals surface area contributed by atoms with Gasteiger partial charge < -0.3 is 9.84 Å². The Kier molecular flexibility index (Phi) is 4.93. The van der Waals surface area contributed by atoms with Gasteiger partial charge in [-0.1, -0.05) is 41.9 Å². The standard InChI is InChI=1S/C20H20ClNO2/c1-22(12-15-11-16(21)8-10-20(15)24-2)13-18-17-6-4-3-5-14(17)7-9-19(18)23/h3-11,23H,12-13H2,1-2H3. The summed E-state index contributed by atoms with van der Waals surface area (Å²) in [5, 5.41) is 13.2. The molecule has 0 aliphatic rings. The summed E-state index contributed by atoms with van der Waals surface area (Å²) in [5.41, 5.74) is 1.95. The van der Waals surface area contributed by atoms with Crippen molar-refractivity contribution in [2.24, 2.45) is 0 Å². The van der Waals surface area contributed by atoms with Crippen LogP contribution in [0.5, 0.6) is 11.5 Å². The van der Waals surface area contributed by atoms with Gasteiger partial charge in [0.25, 0.3) is 0 Å². The average Bonchev–Trinajstić information content (AvgIpc) is 2.58. The highest BCUT2D eigenvalue weighted by atomic mass is 35.5. The number of halogens is 1. The maximum Gasteiger partial charge on any atom is 0.123 e. The maximum absolute atomic E-state index is 10.3. The van der Waals surface area contributed by atoms with Crippen molar-refractivity contribution in [3.05, 3.63) is 70.7 Å². The highest BCUT2D eigenvalue weighted by Crippen LogP contribution is 2.29. The second kappa shape index (κ2) is 7.12. The lowest BCUT2D eigenvalue weighted by Crippen LogP contribution is -2.18. The second-order valence-corrected chi connectivity index (χ2v) is 6.35. The zero-order valence-electron chi connectivity index (χ0n) is 13.8. The van der Waals surface area contributed by atoms with Crippen LogP contribution in [0.2, 0.25) is 5.02 Å². The number of fused-ring (bicyclic) bond motifs is 1. The Bertz CT molecular complexity index is 863. The molecule has 0 saturated heterocycles. The molecule has 1 N–H and O–H groups in total. The predicted molar refractivity (Wildman–Crippen MR) is 98.8 cm³/mol. The zero-order chi connectivity index (χ0) is 17.1. The third-order valence-electron chi connectivity index (χ3n) is 4.13. The number of hydrogen-bond donors (Lipinski definition) is 1. The highest BCUT2D eigenvalue weighted by Gasteiger charge is 2.12. The summed E-state index contributed by atoms with van der Waals surface area (Å²) in [6.45, 7) is 1.30. The van der Waals surface area contributed by atoms with Gasteiger partial charge in [-0.05, 0) is 42.1 Å². The molecule has 0 amide bonds. The van der Waals surface area contributed by atoms with Crippen molar-refractivity contribution in [3.63, 3.8) is 0 Å². The van der Waals surface area contributed by atoms with Crippen molar-refractivity contribution in [2.75, 3.05) is 14.2 Å². The minimum Gasteiger partial charge on any atom is -0.508 e. The Morgan fingerprint density at radius 1 is 1.04 bits per heavy atom. The van der Waals surface area contributed by atoms with Crippen LogP contribution in [0, 0.1) is 0 Å². The topological polar surface area (TPSA) is 32.7 Å². The van der Waals surface area contributed by atoms with Crippen LogP contribution in [0.25, 0.3) is 10.8 Å². The van der Waals surface area contributed by atoms with E-state index in [1.807, 2.05) is 49.5 Å². The minimum atomic E-state index is 0.318. The Balaban J connectivity index is 1.87. The first-order valence-corrected chi connectivity index (χ1v) is 8.17. The van der Waals surface area contributed by atoms with Crippen LogP contribution < -0.4 is 4.74 Å².